The Balaban J connectivity index is 1.67. The van der Waals surface area contributed by atoms with E-state index in [1.165, 1.54) is 31.6 Å². The first-order valence-electron chi connectivity index (χ1n) is 7.75. The molecular formula is C16H29N3O. The zero-order valence-electron chi connectivity index (χ0n) is 13.4. The maximum Gasteiger partial charge on any atom is 0.108 e. The first kappa shape index (κ1) is 15.5. The summed E-state index contributed by atoms with van der Waals surface area (Å²) in [6.45, 7) is 7.66. The number of hydrogen-bond acceptors (Lipinski definition) is 3. The van der Waals surface area contributed by atoms with Crippen LogP contribution in [0.3, 0.4) is 0 Å². The largest absolute Gasteiger partial charge is 0.376 e. The van der Waals surface area contributed by atoms with Crippen LogP contribution in [0.4, 0.5) is 0 Å². The van der Waals surface area contributed by atoms with Crippen molar-refractivity contribution in [1.82, 2.24) is 14.5 Å². The Bertz CT molecular complexity index is 414. The molecular weight excluding hydrogens is 250 g/mol. The van der Waals surface area contributed by atoms with Gasteiger partial charge in [-0.2, -0.15) is 0 Å². The highest BCUT2D eigenvalue weighted by molar-refractivity contribution is 4.91. The summed E-state index contributed by atoms with van der Waals surface area (Å²) in [6, 6.07) is 0. The van der Waals surface area contributed by atoms with Crippen LogP contribution in [0.1, 0.15) is 38.9 Å². The van der Waals surface area contributed by atoms with Crippen molar-refractivity contribution in [3.63, 3.8) is 0 Å². The zero-order valence-corrected chi connectivity index (χ0v) is 13.4. The average molecular weight is 279 g/mol. The van der Waals surface area contributed by atoms with Gasteiger partial charge in [0.15, 0.2) is 0 Å². The maximum absolute atomic E-state index is 5.79. The van der Waals surface area contributed by atoms with Gasteiger partial charge in [0, 0.05) is 39.0 Å². The molecule has 0 saturated carbocycles. The molecule has 0 amide bonds. The van der Waals surface area contributed by atoms with E-state index >= 15 is 0 Å². The van der Waals surface area contributed by atoms with Crippen LogP contribution in [0.25, 0.3) is 0 Å². The Hall–Kier alpha value is -0.870. The van der Waals surface area contributed by atoms with Crippen molar-refractivity contribution < 1.29 is 4.74 Å². The molecule has 1 aromatic heterocycles. The van der Waals surface area contributed by atoms with Gasteiger partial charge in [0.1, 0.15) is 5.82 Å². The standard InChI is InChI=1S/C16H29N3O/c1-16(2)12-14(7-11-20-16)13-18(3)9-5-6-15-17-8-10-19(15)4/h8,10,14H,5-7,9,11-13H2,1-4H3/t14-/m1/s1. The highest BCUT2D eigenvalue weighted by Gasteiger charge is 2.29. The summed E-state index contributed by atoms with van der Waals surface area (Å²) in [5.74, 6) is 1.96. The smallest absolute Gasteiger partial charge is 0.108 e. The Morgan fingerprint density at radius 1 is 1.50 bits per heavy atom. The van der Waals surface area contributed by atoms with Gasteiger partial charge in [0.05, 0.1) is 5.60 Å². The van der Waals surface area contributed by atoms with Crippen LogP contribution < -0.4 is 0 Å². The van der Waals surface area contributed by atoms with Crippen molar-refractivity contribution in [2.24, 2.45) is 13.0 Å². The summed E-state index contributed by atoms with van der Waals surface area (Å²) >= 11 is 0. The van der Waals surface area contributed by atoms with E-state index in [9.17, 15) is 0 Å². The van der Waals surface area contributed by atoms with E-state index in [-0.39, 0.29) is 5.60 Å². The number of nitrogens with zero attached hydrogens (tertiary/aromatic N) is 3. The third-order valence-electron chi connectivity index (χ3n) is 4.23. The molecule has 0 spiro atoms. The van der Waals surface area contributed by atoms with Crippen molar-refractivity contribution in [1.29, 1.82) is 0 Å². The monoisotopic (exact) mass is 279 g/mol. The van der Waals surface area contributed by atoms with Gasteiger partial charge in [0.2, 0.25) is 0 Å². The lowest BCUT2D eigenvalue weighted by Gasteiger charge is -2.37. The van der Waals surface area contributed by atoms with Gasteiger partial charge in [-0.25, -0.2) is 4.98 Å². The number of imidazole rings is 1. The lowest BCUT2D eigenvalue weighted by atomic mass is 9.88. The summed E-state index contributed by atoms with van der Waals surface area (Å²) in [7, 11) is 4.30. The van der Waals surface area contributed by atoms with Crippen molar-refractivity contribution in [2.45, 2.75) is 45.1 Å². The number of hydrogen-bond donors (Lipinski definition) is 0. The van der Waals surface area contributed by atoms with Gasteiger partial charge in [-0.3, -0.25) is 0 Å². The molecule has 1 aliphatic heterocycles. The van der Waals surface area contributed by atoms with E-state index in [0.29, 0.717) is 0 Å². The summed E-state index contributed by atoms with van der Waals surface area (Å²) in [6.07, 6.45) is 8.51. The van der Waals surface area contributed by atoms with E-state index < -0.39 is 0 Å². The second kappa shape index (κ2) is 6.72. The first-order chi connectivity index (χ1) is 9.46. The SMILES string of the molecule is CN(CCCc1nccn1C)C[C@@H]1CCOC(C)(C)C1. The molecule has 2 rings (SSSR count). The van der Waals surface area contributed by atoms with Crippen molar-refractivity contribution in [3.05, 3.63) is 18.2 Å². The minimum absolute atomic E-state index is 0.0662. The van der Waals surface area contributed by atoms with Gasteiger partial charge >= 0.3 is 0 Å². The fourth-order valence-corrected chi connectivity index (χ4v) is 3.19. The Morgan fingerprint density at radius 3 is 2.95 bits per heavy atom. The topological polar surface area (TPSA) is 30.3 Å². The van der Waals surface area contributed by atoms with Crippen molar-refractivity contribution in [2.75, 3.05) is 26.7 Å². The predicted octanol–water partition coefficient (Wildman–Crippen LogP) is 2.49. The highest BCUT2D eigenvalue weighted by Crippen LogP contribution is 2.28. The van der Waals surface area contributed by atoms with E-state index in [2.05, 4.69) is 42.4 Å². The molecule has 20 heavy (non-hydrogen) atoms. The second-order valence-electron chi connectivity index (χ2n) is 6.79. The molecule has 0 N–H and O–H groups in total. The number of aromatic nitrogens is 2. The Kier molecular flexibility index (Phi) is 5.22. The molecule has 0 radical (unpaired) electrons. The Labute approximate surface area is 123 Å². The molecule has 0 aromatic carbocycles. The van der Waals surface area contributed by atoms with Gasteiger partial charge in [-0.15, -0.1) is 0 Å². The number of rotatable bonds is 6. The van der Waals surface area contributed by atoms with Crippen LogP contribution in [0, 0.1) is 5.92 Å². The van der Waals surface area contributed by atoms with Crippen molar-refractivity contribution >= 4 is 0 Å². The summed E-state index contributed by atoms with van der Waals surface area (Å²) in [4.78, 5) is 6.84. The van der Waals surface area contributed by atoms with Gasteiger partial charge in [0.25, 0.3) is 0 Å². The third-order valence-corrected chi connectivity index (χ3v) is 4.23. The third kappa shape index (κ3) is 4.60. The first-order valence-corrected chi connectivity index (χ1v) is 7.75. The van der Waals surface area contributed by atoms with Gasteiger partial charge in [-0.05, 0) is 52.6 Å². The van der Waals surface area contributed by atoms with E-state index in [1.54, 1.807) is 0 Å². The number of aryl methyl sites for hydroxylation is 2. The lowest BCUT2D eigenvalue weighted by Crippen LogP contribution is -2.38. The minimum Gasteiger partial charge on any atom is -0.376 e. The van der Waals surface area contributed by atoms with Crippen LogP contribution in [-0.2, 0) is 18.2 Å². The van der Waals surface area contributed by atoms with E-state index in [1.807, 2.05) is 12.4 Å². The predicted molar refractivity (Wildman–Crippen MR) is 81.8 cm³/mol. The van der Waals surface area contributed by atoms with Crippen LogP contribution >= 0.6 is 0 Å². The molecule has 1 atom stereocenters. The molecule has 4 heteroatoms. The normalized spacial score (nSPS) is 22.4. The zero-order chi connectivity index (χ0) is 14.6. The molecule has 0 bridgehead atoms. The lowest BCUT2D eigenvalue weighted by molar-refractivity contribution is -0.0759. The summed E-state index contributed by atoms with van der Waals surface area (Å²) in [5.41, 5.74) is 0.0662. The molecule has 114 valence electrons. The highest BCUT2D eigenvalue weighted by atomic mass is 16.5. The quantitative estimate of drug-likeness (QED) is 0.801. The molecule has 0 unspecified atom stereocenters. The fourth-order valence-electron chi connectivity index (χ4n) is 3.19. The summed E-state index contributed by atoms with van der Waals surface area (Å²) < 4.78 is 7.90. The van der Waals surface area contributed by atoms with Crippen LogP contribution in [-0.4, -0.2) is 46.8 Å². The average Bonchev–Trinajstić information content (AvgIpc) is 2.74. The Morgan fingerprint density at radius 2 is 2.30 bits per heavy atom. The molecule has 0 aliphatic carbocycles. The molecule has 4 nitrogen and oxygen atoms in total. The van der Waals surface area contributed by atoms with E-state index in [4.69, 9.17) is 4.74 Å². The number of ether oxygens (including phenoxy) is 1. The molecule has 1 aromatic rings. The van der Waals surface area contributed by atoms with Crippen molar-refractivity contribution in [3.8, 4) is 0 Å². The van der Waals surface area contributed by atoms with Crippen LogP contribution in [0.2, 0.25) is 0 Å². The maximum atomic E-state index is 5.79. The summed E-state index contributed by atoms with van der Waals surface area (Å²) in [5, 5.41) is 0. The molecule has 1 aliphatic rings. The molecule has 1 saturated heterocycles. The van der Waals surface area contributed by atoms with E-state index in [0.717, 1.165) is 25.5 Å². The van der Waals surface area contributed by atoms with Crippen LogP contribution in [0.15, 0.2) is 12.4 Å². The molecule has 1 fully saturated rings. The van der Waals surface area contributed by atoms with Gasteiger partial charge < -0.3 is 14.2 Å². The minimum atomic E-state index is 0.0662. The molecule has 2 heterocycles. The second-order valence-corrected chi connectivity index (χ2v) is 6.79. The van der Waals surface area contributed by atoms with Gasteiger partial charge in [-0.1, -0.05) is 0 Å². The fraction of sp³-hybridized carbons (Fsp3) is 0.812. The van der Waals surface area contributed by atoms with Crippen LogP contribution in [0.5, 0.6) is 0 Å².